The summed E-state index contributed by atoms with van der Waals surface area (Å²) in [5.74, 6) is -0.108. The van der Waals surface area contributed by atoms with Crippen molar-refractivity contribution in [3.63, 3.8) is 0 Å². The van der Waals surface area contributed by atoms with Gasteiger partial charge in [0.1, 0.15) is 0 Å². The average molecular weight is 314 g/mol. The molecule has 1 aliphatic heterocycles. The number of carbonyl (C=O) groups is 1. The maximum absolute atomic E-state index is 11.7. The highest BCUT2D eigenvalue weighted by Gasteiger charge is 2.30. The fourth-order valence-electron chi connectivity index (χ4n) is 2.00. The molecular formula is C11H24ClN3O3S. The Balaban J connectivity index is 0.00000324. The molecule has 1 heterocycles. The summed E-state index contributed by atoms with van der Waals surface area (Å²) in [7, 11) is -3.20. The third-order valence-electron chi connectivity index (χ3n) is 3.08. The van der Waals surface area contributed by atoms with E-state index < -0.39 is 10.0 Å². The molecule has 1 saturated heterocycles. The topological polar surface area (TPSA) is 92.5 Å². The van der Waals surface area contributed by atoms with E-state index in [1.807, 2.05) is 0 Å². The van der Waals surface area contributed by atoms with Crippen LogP contribution in [-0.4, -0.2) is 50.1 Å². The Kier molecular flexibility index (Phi) is 8.56. The number of unbranched alkanes of at least 4 members (excludes halogenated alkanes) is 1. The van der Waals surface area contributed by atoms with E-state index in [0.29, 0.717) is 19.5 Å². The molecule has 19 heavy (non-hydrogen) atoms. The zero-order valence-corrected chi connectivity index (χ0v) is 12.9. The first-order chi connectivity index (χ1) is 8.49. The van der Waals surface area contributed by atoms with E-state index in [9.17, 15) is 13.2 Å². The van der Waals surface area contributed by atoms with Gasteiger partial charge in [-0.25, -0.2) is 8.42 Å². The number of sulfonamides is 1. The van der Waals surface area contributed by atoms with E-state index in [1.165, 1.54) is 4.31 Å². The van der Waals surface area contributed by atoms with Crippen molar-refractivity contribution in [3.05, 3.63) is 0 Å². The Labute approximate surface area is 121 Å². The molecule has 1 rings (SSSR count). The first-order valence-corrected chi connectivity index (χ1v) is 8.07. The monoisotopic (exact) mass is 313 g/mol. The summed E-state index contributed by atoms with van der Waals surface area (Å²) in [5, 5.41) is 2.80. The summed E-state index contributed by atoms with van der Waals surface area (Å²) >= 11 is 0. The molecule has 0 saturated carbocycles. The molecule has 114 valence electrons. The quantitative estimate of drug-likeness (QED) is 0.696. The molecule has 1 amide bonds. The number of carbonyl (C=O) groups excluding carboxylic acids is 1. The zero-order chi connectivity index (χ0) is 13.6. The first-order valence-electron chi connectivity index (χ1n) is 6.47. The van der Waals surface area contributed by atoms with Crippen LogP contribution in [0, 0.1) is 0 Å². The Morgan fingerprint density at radius 1 is 1.47 bits per heavy atom. The summed E-state index contributed by atoms with van der Waals surface area (Å²) in [6, 6.07) is -0.0530. The summed E-state index contributed by atoms with van der Waals surface area (Å²) in [6.07, 6.45) is 3.49. The molecule has 0 aromatic heterocycles. The molecule has 0 aromatic carbocycles. The van der Waals surface area contributed by atoms with Gasteiger partial charge in [0, 0.05) is 19.1 Å². The van der Waals surface area contributed by atoms with Crippen molar-refractivity contribution in [1.82, 2.24) is 9.62 Å². The van der Waals surface area contributed by atoms with Crippen LogP contribution in [0.25, 0.3) is 0 Å². The van der Waals surface area contributed by atoms with Crippen molar-refractivity contribution in [2.24, 2.45) is 5.73 Å². The van der Waals surface area contributed by atoms with Crippen molar-refractivity contribution < 1.29 is 13.2 Å². The fourth-order valence-corrected chi connectivity index (χ4v) is 3.48. The molecule has 1 aliphatic rings. The number of rotatable bonds is 7. The lowest BCUT2D eigenvalue weighted by Crippen LogP contribution is -2.45. The zero-order valence-electron chi connectivity index (χ0n) is 11.3. The molecule has 0 aromatic rings. The lowest BCUT2D eigenvalue weighted by Gasteiger charge is -2.19. The van der Waals surface area contributed by atoms with Gasteiger partial charge in [0.15, 0.2) is 0 Å². The summed E-state index contributed by atoms with van der Waals surface area (Å²) in [6.45, 7) is 2.83. The predicted octanol–water partition coefficient (Wildman–Crippen LogP) is 0.0774. The normalized spacial score (nSPS) is 19.7. The van der Waals surface area contributed by atoms with Gasteiger partial charge < -0.3 is 11.1 Å². The number of nitrogens with zero attached hydrogens (tertiary/aromatic N) is 1. The molecule has 8 heteroatoms. The van der Waals surface area contributed by atoms with Gasteiger partial charge in [0.2, 0.25) is 15.9 Å². The van der Waals surface area contributed by atoms with Crippen LogP contribution in [0.4, 0.5) is 0 Å². The highest BCUT2D eigenvalue weighted by Crippen LogP contribution is 2.12. The number of hydrogen-bond donors (Lipinski definition) is 2. The highest BCUT2D eigenvalue weighted by atomic mass is 35.5. The van der Waals surface area contributed by atoms with Crippen LogP contribution < -0.4 is 11.1 Å². The van der Waals surface area contributed by atoms with Crippen LogP contribution in [0.3, 0.4) is 0 Å². The van der Waals surface area contributed by atoms with E-state index >= 15 is 0 Å². The van der Waals surface area contributed by atoms with Crippen LogP contribution >= 0.6 is 12.4 Å². The largest absolute Gasteiger partial charge is 0.351 e. The average Bonchev–Trinajstić information content (AvgIpc) is 2.64. The third kappa shape index (κ3) is 6.07. The van der Waals surface area contributed by atoms with Gasteiger partial charge in [-0.3, -0.25) is 4.79 Å². The minimum atomic E-state index is -3.20. The SMILES string of the molecule is CCCCC(CN)NC(=O)CN1CCCS1(=O)=O.Cl. The second-order valence-electron chi connectivity index (χ2n) is 4.65. The maximum Gasteiger partial charge on any atom is 0.235 e. The highest BCUT2D eigenvalue weighted by molar-refractivity contribution is 7.89. The van der Waals surface area contributed by atoms with Crippen molar-refractivity contribution in [2.75, 3.05) is 25.4 Å². The summed E-state index contributed by atoms with van der Waals surface area (Å²) < 4.78 is 24.3. The maximum atomic E-state index is 11.7. The van der Waals surface area contributed by atoms with Crippen LogP contribution in [0.2, 0.25) is 0 Å². The van der Waals surface area contributed by atoms with Gasteiger partial charge in [0.25, 0.3) is 0 Å². The number of nitrogens with two attached hydrogens (primary N) is 1. The molecular weight excluding hydrogens is 290 g/mol. The molecule has 0 bridgehead atoms. The van der Waals surface area contributed by atoms with E-state index in [4.69, 9.17) is 5.73 Å². The van der Waals surface area contributed by atoms with Gasteiger partial charge in [-0.15, -0.1) is 12.4 Å². The minimum absolute atomic E-state index is 0. The van der Waals surface area contributed by atoms with Gasteiger partial charge in [-0.2, -0.15) is 4.31 Å². The Morgan fingerprint density at radius 2 is 2.16 bits per heavy atom. The Morgan fingerprint density at radius 3 is 2.63 bits per heavy atom. The fraction of sp³-hybridized carbons (Fsp3) is 0.909. The molecule has 1 atom stereocenters. The Hall–Kier alpha value is -0.370. The van der Waals surface area contributed by atoms with Crippen molar-refractivity contribution in [3.8, 4) is 0 Å². The third-order valence-corrected chi connectivity index (χ3v) is 4.98. The molecule has 1 fully saturated rings. The van der Waals surface area contributed by atoms with Gasteiger partial charge in [-0.05, 0) is 12.8 Å². The Bertz CT molecular complexity index is 375. The molecule has 0 radical (unpaired) electrons. The van der Waals surface area contributed by atoms with Gasteiger partial charge >= 0.3 is 0 Å². The number of nitrogens with one attached hydrogen (secondary N) is 1. The van der Waals surface area contributed by atoms with E-state index in [0.717, 1.165) is 19.3 Å². The summed E-state index contributed by atoms with van der Waals surface area (Å²) in [5.41, 5.74) is 5.58. The minimum Gasteiger partial charge on any atom is -0.351 e. The van der Waals surface area contributed by atoms with Crippen LogP contribution in [0.5, 0.6) is 0 Å². The van der Waals surface area contributed by atoms with Crippen LogP contribution in [0.15, 0.2) is 0 Å². The standard InChI is InChI=1S/C11H23N3O3S.ClH/c1-2-3-5-10(8-12)13-11(15)9-14-6-4-7-18(14,16)17;/h10H,2-9,12H2,1H3,(H,13,15);1H. The van der Waals surface area contributed by atoms with E-state index in [2.05, 4.69) is 12.2 Å². The molecule has 0 aliphatic carbocycles. The van der Waals surface area contributed by atoms with E-state index in [-0.39, 0.29) is 36.7 Å². The van der Waals surface area contributed by atoms with Crippen molar-refractivity contribution in [1.29, 1.82) is 0 Å². The van der Waals surface area contributed by atoms with Gasteiger partial charge in [-0.1, -0.05) is 19.8 Å². The number of hydrogen-bond acceptors (Lipinski definition) is 4. The van der Waals surface area contributed by atoms with Crippen LogP contribution in [0.1, 0.15) is 32.6 Å². The lowest BCUT2D eigenvalue weighted by atomic mass is 10.1. The smallest absolute Gasteiger partial charge is 0.235 e. The lowest BCUT2D eigenvalue weighted by molar-refractivity contribution is -0.121. The van der Waals surface area contributed by atoms with Crippen molar-refractivity contribution in [2.45, 2.75) is 38.6 Å². The second-order valence-corrected chi connectivity index (χ2v) is 6.73. The van der Waals surface area contributed by atoms with Crippen molar-refractivity contribution >= 4 is 28.3 Å². The molecule has 3 N–H and O–H groups in total. The van der Waals surface area contributed by atoms with Crippen LogP contribution in [-0.2, 0) is 14.8 Å². The predicted molar refractivity (Wildman–Crippen MR) is 77.7 cm³/mol. The van der Waals surface area contributed by atoms with E-state index in [1.54, 1.807) is 0 Å². The number of halogens is 1. The molecule has 0 spiro atoms. The molecule has 6 nitrogen and oxygen atoms in total. The number of amides is 1. The first kappa shape index (κ1) is 18.6. The van der Waals surface area contributed by atoms with Gasteiger partial charge in [0.05, 0.1) is 12.3 Å². The summed E-state index contributed by atoms with van der Waals surface area (Å²) in [4.78, 5) is 11.7. The second kappa shape index (κ2) is 8.73. The molecule has 1 unspecified atom stereocenters.